The van der Waals surface area contributed by atoms with Gasteiger partial charge in [-0.15, -0.1) is 0 Å². The predicted molar refractivity (Wildman–Crippen MR) is 380 cm³/mol. The molecular formula is C80H155NO5. The maximum absolute atomic E-state index is 12.6. The quantitative estimate of drug-likeness (QED) is 0.0320. The van der Waals surface area contributed by atoms with Crippen LogP contribution in [0.4, 0.5) is 0 Å². The molecule has 0 rings (SSSR count). The minimum absolute atomic E-state index is 0.0118. The lowest BCUT2D eigenvalue weighted by atomic mass is 10.0. The van der Waals surface area contributed by atoms with Gasteiger partial charge in [0.15, 0.2) is 0 Å². The first kappa shape index (κ1) is 84.3. The van der Waals surface area contributed by atoms with E-state index in [1.165, 1.54) is 372 Å². The van der Waals surface area contributed by atoms with Crippen molar-refractivity contribution < 1.29 is 24.5 Å². The zero-order valence-corrected chi connectivity index (χ0v) is 58.6. The largest absolute Gasteiger partial charge is 0.466 e. The van der Waals surface area contributed by atoms with E-state index in [1.807, 2.05) is 0 Å². The van der Waals surface area contributed by atoms with E-state index in [9.17, 15) is 19.8 Å². The highest BCUT2D eigenvalue weighted by molar-refractivity contribution is 5.76. The fraction of sp³-hybridized carbons (Fsp3) is 0.925. The van der Waals surface area contributed by atoms with E-state index in [0.717, 1.165) is 44.9 Å². The van der Waals surface area contributed by atoms with Gasteiger partial charge in [-0.05, 0) is 77.0 Å². The van der Waals surface area contributed by atoms with Crippen molar-refractivity contribution in [2.75, 3.05) is 13.2 Å². The van der Waals surface area contributed by atoms with Gasteiger partial charge in [0.25, 0.3) is 0 Å². The van der Waals surface area contributed by atoms with Gasteiger partial charge < -0.3 is 20.3 Å². The Kier molecular flexibility index (Phi) is 74.3. The molecule has 0 spiro atoms. The average molecular weight is 1210 g/mol. The summed E-state index contributed by atoms with van der Waals surface area (Å²) in [4.78, 5) is 24.7. The Morgan fingerprint density at radius 1 is 0.314 bits per heavy atom. The molecule has 0 radical (unpaired) electrons. The first-order valence-electron chi connectivity index (χ1n) is 39.6. The van der Waals surface area contributed by atoms with E-state index in [0.29, 0.717) is 25.9 Å². The first-order chi connectivity index (χ1) is 42.5. The third-order valence-electron chi connectivity index (χ3n) is 18.7. The molecular weight excluding hydrogens is 1050 g/mol. The van der Waals surface area contributed by atoms with Crippen molar-refractivity contribution in [1.82, 2.24) is 5.32 Å². The van der Waals surface area contributed by atoms with Gasteiger partial charge in [-0.25, -0.2) is 0 Å². The summed E-state index contributed by atoms with van der Waals surface area (Å²) in [7, 11) is 0. The number of carbonyl (C=O) groups is 2. The SMILES string of the molecule is CCCCCCCCC/C=C\CCCCCCCC(=O)OCCCCCCCCCCCCCC/C=C\CCCCCCCCCCCCCCCCCCC(=O)NC(CO)C(O)CCCCCCCCCCCCCCCCCCCCCCC. The molecule has 0 aliphatic heterocycles. The standard InChI is InChI=1S/C80H155NO5/c1-3-5-7-9-11-13-15-17-19-21-22-35-38-41-44-48-52-56-60-64-68-72-78(83)77(76-82)81-79(84)73-69-65-61-57-53-49-45-42-39-36-33-31-29-27-25-23-24-26-28-30-32-34-37-40-43-47-51-55-59-63-67-71-75-86-80(85)74-70-66-62-58-54-50-46-20-18-16-14-12-10-8-6-4-2/h20,26,28,46,77-78,82-83H,3-19,21-25,27,29-45,47-76H2,1-2H3,(H,81,84)/b28-26-,46-20-. The summed E-state index contributed by atoms with van der Waals surface area (Å²) in [6.07, 6.45) is 96.9. The van der Waals surface area contributed by atoms with Crippen LogP contribution in [0.3, 0.4) is 0 Å². The number of unbranched alkanes of at least 4 members (excludes halogenated alkanes) is 60. The van der Waals surface area contributed by atoms with Gasteiger partial charge in [-0.2, -0.15) is 0 Å². The number of rotatable bonds is 75. The van der Waals surface area contributed by atoms with Crippen molar-refractivity contribution in [2.45, 2.75) is 463 Å². The Morgan fingerprint density at radius 2 is 0.547 bits per heavy atom. The van der Waals surface area contributed by atoms with E-state index in [2.05, 4.69) is 43.5 Å². The topological polar surface area (TPSA) is 95.9 Å². The Hall–Kier alpha value is -1.66. The highest BCUT2D eigenvalue weighted by Gasteiger charge is 2.20. The smallest absolute Gasteiger partial charge is 0.305 e. The summed E-state index contributed by atoms with van der Waals surface area (Å²) >= 11 is 0. The molecule has 0 fully saturated rings. The number of hydrogen-bond acceptors (Lipinski definition) is 5. The number of esters is 1. The van der Waals surface area contributed by atoms with Crippen LogP contribution < -0.4 is 5.32 Å². The molecule has 2 unspecified atom stereocenters. The van der Waals surface area contributed by atoms with E-state index in [1.54, 1.807) is 0 Å². The third-order valence-corrected chi connectivity index (χ3v) is 18.7. The van der Waals surface area contributed by atoms with Gasteiger partial charge in [0.1, 0.15) is 0 Å². The lowest BCUT2D eigenvalue weighted by molar-refractivity contribution is -0.143. The summed E-state index contributed by atoms with van der Waals surface area (Å²) in [6.45, 7) is 5.00. The molecule has 2 atom stereocenters. The van der Waals surface area contributed by atoms with Crippen molar-refractivity contribution in [3.8, 4) is 0 Å². The highest BCUT2D eigenvalue weighted by Crippen LogP contribution is 2.20. The Bertz CT molecular complexity index is 1350. The van der Waals surface area contributed by atoms with Gasteiger partial charge in [0, 0.05) is 12.8 Å². The Labute approximate surface area is 539 Å². The van der Waals surface area contributed by atoms with Crippen LogP contribution in [0.1, 0.15) is 450 Å². The molecule has 0 aromatic rings. The maximum Gasteiger partial charge on any atom is 0.305 e. The molecule has 0 heterocycles. The van der Waals surface area contributed by atoms with Crippen molar-refractivity contribution in [2.24, 2.45) is 0 Å². The van der Waals surface area contributed by atoms with Crippen molar-refractivity contribution in [3.63, 3.8) is 0 Å². The van der Waals surface area contributed by atoms with Crippen LogP contribution in [0, 0.1) is 0 Å². The van der Waals surface area contributed by atoms with Gasteiger partial charge in [-0.3, -0.25) is 9.59 Å². The molecule has 6 heteroatoms. The summed E-state index contributed by atoms with van der Waals surface area (Å²) in [5, 5.41) is 23.5. The summed E-state index contributed by atoms with van der Waals surface area (Å²) in [5.74, 6) is -0.0153. The molecule has 6 nitrogen and oxygen atoms in total. The first-order valence-corrected chi connectivity index (χ1v) is 39.6. The molecule has 0 saturated heterocycles. The zero-order chi connectivity index (χ0) is 62.0. The summed E-state index contributed by atoms with van der Waals surface area (Å²) < 4.78 is 5.50. The second-order valence-corrected chi connectivity index (χ2v) is 27.4. The second-order valence-electron chi connectivity index (χ2n) is 27.4. The molecule has 86 heavy (non-hydrogen) atoms. The van der Waals surface area contributed by atoms with Gasteiger partial charge >= 0.3 is 5.97 Å². The molecule has 1 amide bonds. The van der Waals surface area contributed by atoms with E-state index < -0.39 is 12.1 Å². The lowest BCUT2D eigenvalue weighted by Gasteiger charge is -2.22. The van der Waals surface area contributed by atoms with Crippen molar-refractivity contribution >= 4 is 11.9 Å². The molecule has 0 aromatic carbocycles. The van der Waals surface area contributed by atoms with Crippen LogP contribution in [0.2, 0.25) is 0 Å². The van der Waals surface area contributed by atoms with Crippen LogP contribution in [-0.4, -0.2) is 47.4 Å². The molecule has 0 aliphatic carbocycles. The zero-order valence-electron chi connectivity index (χ0n) is 58.6. The number of aliphatic hydroxyl groups is 2. The van der Waals surface area contributed by atoms with Crippen LogP contribution in [0.25, 0.3) is 0 Å². The minimum Gasteiger partial charge on any atom is -0.466 e. The molecule has 3 N–H and O–H groups in total. The van der Waals surface area contributed by atoms with Gasteiger partial charge in [0.2, 0.25) is 5.91 Å². The third kappa shape index (κ3) is 71.4. The van der Waals surface area contributed by atoms with Crippen molar-refractivity contribution in [3.05, 3.63) is 24.3 Å². The second kappa shape index (κ2) is 75.8. The van der Waals surface area contributed by atoms with Gasteiger partial charge in [-0.1, -0.05) is 385 Å². The van der Waals surface area contributed by atoms with Crippen LogP contribution in [0.5, 0.6) is 0 Å². The van der Waals surface area contributed by atoms with Crippen LogP contribution in [0.15, 0.2) is 24.3 Å². The Balaban J connectivity index is 3.35. The normalized spacial score (nSPS) is 12.6. The molecule has 0 bridgehead atoms. The number of carbonyl (C=O) groups excluding carboxylic acids is 2. The lowest BCUT2D eigenvalue weighted by Crippen LogP contribution is -2.45. The Morgan fingerprint density at radius 3 is 0.826 bits per heavy atom. The van der Waals surface area contributed by atoms with Crippen LogP contribution >= 0.6 is 0 Å². The van der Waals surface area contributed by atoms with E-state index in [4.69, 9.17) is 4.74 Å². The van der Waals surface area contributed by atoms with E-state index in [-0.39, 0.29) is 18.5 Å². The molecule has 0 aliphatic rings. The monoisotopic (exact) mass is 1210 g/mol. The summed E-state index contributed by atoms with van der Waals surface area (Å²) in [6, 6.07) is -0.540. The number of amides is 1. The molecule has 0 saturated carbocycles. The maximum atomic E-state index is 12.6. The number of nitrogens with one attached hydrogen (secondary N) is 1. The fourth-order valence-electron chi connectivity index (χ4n) is 12.7. The number of hydrogen-bond donors (Lipinski definition) is 3. The fourth-order valence-corrected chi connectivity index (χ4v) is 12.7. The number of aliphatic hydroxyl groups excluding tert-OH is 2. The van der Waals surface area contributed by atoms with Crippen molar-refractivity contribution in [1.29, 1.82) is 0 Å². The summed E-state index contributed by atoms with van der Waals surface area (Å²) in [5.41, 5.74) is 0. The number of ether oxygens (including phenoxy) is 1. The highest BCUT2D eigenvalue weighted by atomic mass is 16.5. The van der Waals surface area contributed by atoms with Crippen LogP contribution in [-0.2, 0) is 14.3 Å². The minimum atomic E-state index is -0.663. The van der Waals surface area contributed by atoms with E-state index >= 15 is 0 Å². The van der Waals surface area contributed by atoms with Gasteiger partial charge in [0.05, 0.1) is 25.4 Å². The average Bonchev–Trinajstić information content (AvgIpc) is 3.53. The predicted octanol–water partition coefficient (Wildman–Crippen LogP) is 26.0. The molecule has 0 aromatic heterocycles. The number of allylic oxidation sites excluding steroid dienone is 4. The molecule has 510 valence electrons.